The first-order valence-corrected chi connectivity index (χ1v) is 4.49. The van der Waals surface area contributed by atoms with Crippen LogP contribution < -0.4 is 34.5 Å². The molecule has 0 rings (SSSR count). The molecule has 0 aliphatic carbocycles. The molecule has 0 aliphatic rings. The number of hydrogen-bond acceptors (Lipinski definition) is 5. The van der Waals surface area contributed by atoms with E-state index in [2.05, 4.69) is 11.1 Å². The number of aliphatic hydroxyl groups excluding tert-OH is 1. The fourth-order valence-corrected chi connectivity index (χ4v) is 0.756. The van der Waals surface area contributed by atoms with Crippen molar-refractivity contribution in [3.05, 3.63) is 12.7 Å². The molecule has 0 aliphatic heterocycles. The summed E-state index contributed by atoms with van der Waals surface area (Å²) in [5.41, 5.74) is 0. The molecule has 0 spiro atoms. The molecule has 0 saturated carbocycles. The molecule has 0 aromatic heterocycles. The van der Waals surface area contributed by atoms with Gasteiger partial charge in [0.15, 0.2) is 6.29 Å². The Balaban J connectivity index is 0. The zero-order chi connectivity index (χ0) is 9.40. The van der Waals surface area contributed by atoms with Crippen molar-refractivity contribution in [2.45, 2.75) is 12.7 Å². The molecule has 0 radical (unpaired) electrons. The molecule has 0 heterocycles. The van der Waals surface area contributed by atoms with Crippen molar-refractivity contribution in [1.82, 2.24) is 0 Å². The molecule has 2 N–H and O–H groups in total. The van der Waals surface area contributed by atoms with Crippen LogP contribution in [0.1, 0.15) is 6.42 Å². The number of ether oxygens (including phenoxy) is 1. The summed E-state index contributed by atoms with van der Waals surface area (Å²) in [5.74, 6) is 0. The van der Waals surface area contributed by atoms with Crippen LogP contribution in [0.5, 0.6) is 0 Å². The van der Waals surface area contributed by atoms with Crippen LogP contribution in [0.4, 0.5) is 0 Å². The maximum absolute atomic E-state index is 9.98. The minimum absolute atomic E-state index is 0. The Labute approximate surface area is 101 Å². The predicted octanol–water partition coefficient (Wildman–Crippen LogP) is -3.50. The largest absolute Gasteiger partial charge is 1.00 e. The van der Waals surface area contributed by atoms with Crippen LogP contribution in [-0.2, 0) is 9.26 Å². The smallest absolute Gasteiger partial charge is 0.786 e. The van der Waals surface area contributed by atoms with Gasteiger partial charge in [-0.2, -0.15) is 0 Å². The SMILES string of the molecule is C=CCOC(O)CCOP([O-])O.[Na+]. The van der Waals surface area contributed by atoms with Gasteiger partial charge in [-0.3, -0.25) is 0 Å². The van der Waals surface area contributed by atoms with E-state index in [1.165, 1.54) is 6.08 Å². The molecule has 7 heteroatoms. The van der Waals surface area contributed by atoms with Crippen molar-refractivity contribution in [2.24, 2.45) is 0 Å². The van der Waals surface area contributed by atoms with E-state index >= 15 is 0 Å². The van der Waals surface area contributed by atoms with Gasteiger partial charge in [-0.05, 0) is 0 Å². The first-order chi connectivity index (χ1) is 5.66. The third-order valence-electron chi connectivity index (χ3n) is 0.973. The van der Waals surface area contributed by atoms with E-state index in [1.807, 2.05) is 0 Å². The summed E-state index contributed by atoms with van der Waals surface area (Å²) in [5, 5.41) is 8.97. The van der Waals surface area contributed by atoms with E-state index in [0.717, 1.165) is 0 Å². The molecule has 0 aromatic rings. The van der Waals surface area contributed by atoms with Crippen molar-refractivity contribution in [1.29, 1.82) is 0 Å². The Morgan fingerprint density at radius 3 is 2.69 bits per heavy atom. The first kappa shape index (κ1) is 16.4. The third-order valence-corrected chi connectivity index (χ3v) is 1.38. The van der Waals surface area contributed by atoms with Gasteiger partial charge in [-0.15, -0.1) is 6.58 Å². The van der Waals surface area contributed by atoms with Gasteiger partial charge in [0.1, 0.15) is 0 Å². The van der Waals surface area contributed by atoms with Crippen molar-refractivity contribution < 1.29 is 53.7 Å². The van der Waals surface area contributed by atoms with Crippen LogP contribution in [-0.4, -0.2) is 29.5 Å². The van der Waals surface area contributed by atoms with Gasteiger partial charge in [0.05, 0.1) is 21.8 Å². The van der Waals surface area contributed by atoms with Gasteiger partial charge in [-0.1, -0.05) is 6.08 Å². The molecule has 72 valence electrons. The van der Waals surface area contributed by atoms with Gasteiger partial charge in [0.2, 0.25) is 0 Å². The fourth-order valence-electron chi connectivity index (χ4n) is 0.494. The van der Waals surface area contributed by atoms with Gasteiger partial charge in [-0.25, -0.2) is 0 Å². The van der Waals surface area contributed by atoms with E-state index in [1.54, 1.807) is 0 Å². The molecule has 13 heavy (non-hydrogen) atoms. The van der Waals surface area contributed by atoms with Gasteiger partial charge >= 0.3 is 29.6 Å². The molecular weight excluding hydrogens is 206 g/mol. The second-order valence-electron chi connectivity index (χ2n) is 1.94. The average Bonchev–Trinajstić information content (AvgIpc) is 2.00. The average molecular weight is 218 g/mol. The van der Waals surface area contributed by atoms with Gasteiger partial charge in [0, 0.05) is 6.42 Å². The monoisotopic (exact) mass is 218 g/mol. The van der Waals surface area contributed by atoms with Crippen molar-refractivity contribution in [3.63, 3.8) is 0 Å². The number of rotatable bonds is 7. The summed E-state index contributed by atoms with van der Waals surface area (Å²) < 4.78 is 9.05. The second-order valence-corrected chi connectivity index (χ2v) is 2.67. The Bertz CT molecular complexity index is 124. The van der Waals surface area contributed by atoms with Crippen LogP contribution in [0.3, 0.4) is 0 Å². The van der Waals surface area contributed by atoms with Gasteiger partial charge in [0.25, 0.3) is 0 Å². The summed E-state index contributed by atoms with van der Waals surface area (Å²) in [4.78, 5) is 18.2. The molecule has 2 unspecified atom stereocenters. The van der Waals surface area contributed by atoms with Crippen LogP contribution >= 0.6 is 8.60 Å². The zero-order valence-corrected chi connectivity index (χ0v) is 10.4. The molecule has 0 aromatic carbocycles. The molecule has 0 amide bonds. The molecule has 0 saturated heterocycles. The van der Waals surface area contributed by atoms with E-state index < -0.39 is 14.9 Å². The summed E-state index contributed by atoms with van der Waals surface area (Å²) in [6.45, 7) is 3.62. The standard InChI is InChI=1S/C6H12O5P.Na/c1-2-4-10-6(7)3-5-11-12(8)9;/h2,6-8H,1,3-5H2;/q-1;+1. The topological polar surface area (TPSA) is 82.0 Å². The van der Waals surface area contributed by atoms with Crippen LogP contribution in [0.15, 0.2) is 12.7 Å². The van der Waals surface area contributed by atoms with E-state index in [4.69, 9.17) is 14.7 Å². The molecular formula is C6H12NaO5P. The van der Waals surface area contributed by atoms with Crippen LogP contribution in [0.2, 0.25) is 0 Å². The Morgan fingerprint density at radius 1 is 1.62 bits per heavy atom. The summed E-state index contributed by atoms with van der Waals surface area (Å²) in [7, 11) is -2.58. The van der Waals surface area contributed by atoms with Crippen molar-refractivity contribution in [2.75, 3.05) is 13.2 Å². The second kappa shape index (κ2) is 11.0. The predicted molar refractivity (Wildman–Crippen MR) is 41.9 cm³/mol. The summed E-state index contributed by atoms with van der Waals surface area (Å²) in [6.07, 6.45) is 0.685. The van der Waals surface area contributed by atoms with E-state index in [0.29, 0.717) is 0 Å². The molecule has 5 nitrogen and oxygen atoms in total. The maximum atomic E-state index is 9.98. The first-order valence-electron chi connectivity index (χ1n) is 3.36. The van der Waals surface area contributed by atoms with E-state index in [9.17, 15) is 4.89 Å². The zero-order valence-electron chi connectivity index (χ0n) is 7.55. The maximum Gasteiger partial charge on any atom is 1.00 e. The molecule has 0 fully saturated rings. The number of aliphatic hydroxyl groups is 1. The quantitative estimate of drug-likeness (QED) is 0.200. The minimum atomic E-state index is -2.58. The normalized spacial score (nSPS) is 14.4. The fraction of sp³-hybridized carbons (Fsp3) is 0.667. The Morgan fingerprint density at radius 2 is 2.23 bits per heavy atom. The van der Waals surface area contributed by atoms with Crippen molar-refractivity contribution in [3.8, 4) is 0 Å². The molecule has 2 atom stereocenters. The van der Waals surface area contributed by atoms with Gasteiger partial charge < -0.3 is 24.2 Å². The summed E-state index contributed by atoms with van der Waals surface area (Å²) in [6, 6.07) is 0. The van der Waals surface area contributed by atoms with Crippen molar-refractivity contribution >= 4 is 8.60 Å². The van der Waals surface area contributed by atoms with E-state index in [-0.39, 0.29) is 49.2 Å². The Kier molecular flexibility index (Phi) is 13.9. The summed E-state index contributed by atoms with van der Waals surface area (Å²) >= 11 is 0. The van der Waals surface area contributed by atoms with Crippen LogP contribution in [0.25, 0.3) is 0 Å². The van der Waals surface area contributed by atoms with Crippen LogP contribution in [0, 0.1) is 0 Å². The molecule has 0 bridgehead atoms. The third kappa shape index (κ3) is 13.0. The Hall–Kier alpha value is 0.970. The number of hydrogen-bond donors (Lipinski definition) is 2. The minimum Gasteiger partial charge on any atom is -0.786 e.